The van der Waals surface area contributed by atoms with Gasteiger partial charge in [-0.05, 0) is 29.7 Å². The van der Waals surface area contributed by atoms with Gasteiger partial charge >= 0.3 is 0 Å². The second-order valence-corrected chi connectivity index (χ2v) is 3.02. The van der Waals surface area contributed by atoms with Crippen molar-refractivity contribution in [3.8, 4) is 5.75 Å². The Balaban J connectivity index is 3.00. The van der Waals surface area contributed by atoms with Crippen molar-refractivity contribution >= 4 is 6.08 Å². The van der Waals surface area contributed by atoms with E-state index in [2.05, 4.69) is 19.6 Å². The fourth-order valence-electron chi connectivity index (χ4n) is 1.39. The van der Waals surface area contributed by atoms with Gasteiger partial charge in [-0.1, -0.05) is 32.1 Å². The predicted molar refractivity (Wildman–Crippen MR) is 57.1 cm³/mol. The molecule has 70 valence electrons. The van der Waals surface area contributed by atoms with Crippen molar-refractivity contribution in [3.63, 3.8) is 0 Å². The van der Waals surface area contributed by atoms with Crippen LogP contribution in [-0.4, -0.2) is 7.11 Å². The number of ether oxygens (including phenoxy) is 1. The summed E-state index contributed by atoms with van der Waals surface area (Å²) in [6.45, 7) is 5.97. The Hall–Kier alpha value is -1.24. The first-order valence-corrected chi connectivity index (χ1v) is 4.61. The summed E-state index contributed by atoms with van der Waals surface area (Å²) in [4.78, 5) is 0. The summed E-state index contributed by atoms with van der Waals surface area (Å²) in [6, 6.07) is 6.13. The number of benzene rings is 1. The second-order valence-electron chi connectivity index (χ2n) is 3.02. The highest BCUT2D eigenvalue weighted by Crippen LogP contribution is 2.19. The number of hydrogen-bond acceptors (Lipinski definition) is 1. The molecule has 0 N–H and O–H groups in total. The molecule has 0 aromatic heterocycles. The summed E-state index contributed by atoms with van der Waals surface area (Å²) in [6.07, 6.45) is 4.14. The summed E-state index contributed by atoms with van der Waals surface area (Å²) in [5.41, 5.74) is 2.53. The lowest BCUT2D eigenvalue weighted by atomic mass is 10.0. The predicted octanol–water partition coefficient (Wildman–Crippen LogP) is 3.29. The smallest absolute Gasteiger partial charge is 0.119 e. The van der Waals surface area contributed by atoms with E-state index in [-0.39, 0.29) is 0 Å². The van der Waals surface area contributed by atoms with Crippen LogP contribution in [0.2, 0.25) is 0 Å². The normalized spacial score (nSPS) is 9.69. The summed E-state index contributed by atoms with van der Waals surface area (Å²) in [5.74, 6) is 0.898. The number of rotatable bonds is 4. The summed E-state index contributed by atoms with van der Waals surface area (Å²) in [7, 11) is 1.68. The zero-order chi connectivity index (χ0) is 9.68. The molecule has 1 rings (SSSR count). The molecule has 1 nitrogen and oxygen atoms in total. The number of aryl methyl sites for hydroxylation is 1. The molecule has 0 amide bonds. The fourth-order valence-corrected chi connectivity index (χ4v) is 1.39. The average Bonchev–Trinajstić information content (AvgIpc) is 2.19. The molecule has 0 radical (unpaired) electrons. The van der Waals surface area contributed by atoms with Gasteiger partial charge in [0.15, 0.2) is 0 Å². The zero-order valence-electron chi connectivity index (χ0n) is 8.34. The van der Waals surface area contributed by atoms with Gasteiger partial charge < -0.3 is 4.74 Å². The van der Waals surface area contributed by atoms with Gasteiger partial charge in [0.05, 0.1) is 7.11 Å². The van der Waals surface area contributed by atoms with Gasteiger partial charge in [0.1, 0.15) is 5.75 Å². The zero-order valence-corrected chi connectivity index (χ0v) is 8.34. The van der Waals surface area contributed by atoms with Crippen LogP contribution in [0.4, 0.5) is 0 Å². The van der Waals surface area contributed by atoms with Gasteiger partial charge in [0, 0.05) is 0 Å². The van der Waals surface area contributed by atoms with E-state index in [0.717, 1.165) is 18.6 Å². The third-order valence-corrected chi connectivity index (χ3v) is 2.09. The van der Waals surface area contributed by atoms with Crippen molar-refractivity contribution in [2.45, 2.75) is 19.8 Å². The SMILES string of the molecule is C=Cc1cc(OC)ccc1CCC. The minimum absolute atomic E-state index is 0.898. The molecule has 0 atom stereocenters. The largest absolute Gasteiger partial charge is 0.497 e. The minimum atomic E-state index is 0.898. The average molecular weight is 176 g/mol. The highest BCUT2D eigenvalue weighted by molar-refractivity contribution is 5.54. The lowest BCUT2D eigenvalue weighted by molar-refractivity contribution is 0.414. The van der Waals surface area contributed by atoms with Gasteiger partial charge in [0.25, 0.3) is 0 Å². The first-order valence-electron chi connectivity index (χ1n) is 4.61. The van der Waals surface area contributed by atoms with E-state index in [1.807, 2.05) is 18.2 Å². The monoisotopic (exact) mass is 176 g/mol. The lowest BCUT2D eigenvalue weighted by Crippen LogP contribution is -1.90. The van der Waals surface area contributed by atoms with Crippen LogP contribution in [0.5, 0.6) is 5.75 Å². The number of hydrogen-bond donors (Lipinski definition) is 0. The van der Waals surface area contributed by atoms with E-state index < -0.39 is 0 Å². The first-order chi connectivity index (χ1) is 6.31. The van der Waals surface area contributed by atoms with Crippen molar-refractivity contribution < 1.29 is 4.74 Å². The molecule has 1 aromatic rings. The van der Waals surface area contributed by atoms with Crippen molar-refractivity contribution in [3.05, 3.63) is 35.9 Å². The van der Waals surface area contributed by atoms with Crippen molar-refractivity contribution in [2.24, 2.45) is 0 Å². The molecule has 0 unspecified atom stereocenters. The third-order valence-electron chi connectivity index (χ3n) is 2.09. The molecular formula is C12H16O. The minimum Gasteiger partial charge on any atom is -0.497 e. The quantitative estimate of drug-likeness (QED) is 0.684. The van der Waals surface area contributed by atoms with E-state index in [1.54, 1.807) is 7.11 Å². The molecular weight excluding hydrogens is 160 g/mol. The van der Waals surface area contributed by atoms with Gasteiger partial charge in [0.2, 0.25) is 0 Å². The Labute approximate surface area is 80.0 Å². The van der Waals surface area contributed by atoms with Gasteiger partial charge in [-0.15, -0.1) is 0 Å². The van der Waals surface area contributed by atoms with Crippen molar-refractivity contribution in [1.29, 1.82) is 0 Å². The molecule has 0 spiro atoms. The Morgan fingerprint density at radius 3 is 2.77 bits per heavy atom. The van der Waals surface area contributed by atoms with Crippen LogP contribution >= 0.6 is 0 Å². The highest BCUT2D eigenvalue weighted by Gasteiger charge is 1.99. The Morgan fingerprint density at radius 2 is 2.23 bits per heavy atom. The standard InChI is InChI=1S/C12H16O/c1-4-6-11-7-8-12(13-3)9-10(11)5-2/h5,7-9H,2,4,6H2,1,3H3. The van der Waals surface area contributed by atoms with Crippen LogP contribution in [0.15, 0.2) is 24.8 Å². The van der Waals surface area contributed by atoms with Crippen LogP contribution in [0.3, 0.4) is 0 Å². The van der Waals surface area contributed by atoms with E-state index in [9.17, 15) is 0 Å². The highest BCUT2D eigenvalue weighted by atomic mass is 16.5. The Morgan fingerprint density at radius 1 is 1.46 bits per heavy atom. The second kappa shape index (κ2) is 4.70. The third kappa shape index (κ3) is 2.35. The molecule has 0 aliphatic rings. The number of methoxy groups -OCH3 is 1. The molecule has 0 heterocycles. The fraction of sp³-hybridized carbons (Fsp3) is 0.333. The van der Waals surface area contributed by atoms with Crippen LogP contribution in [0.1, 0.15) is 24.5 Å². The van der Waals surface area contributed by atoms with Gasteiger partial charge in [-0.25, -0.2) is 0 Å². The molecule has 0 saturated carbocycles. The van der Waals surface area contributed by atoms with E-state index in [0.29, 0.717) is 0 Å². The maximum atomic E-state index is 5.14. The first kappa shape index (κ1) is 9.85. The Kier molecular flexibility index (Phi) is 3.56. The molecule has 0 saturated heterocycles. The molecule has 0 aliphatic carbocycles. The van der Waals surface area contributed by atoms with Crippen molar-refractivity contribution in [1.82, 2.24) is 0 Å². The van der Waals surface area contributed by atoms with Crippen LogP contribution in [-0.2, 0) is 6.42 Å². The summed E-state index contributed by atoms with van der Waals surface area (Å²) in [5, 5.41) is 0. The summed E-state index contributed by atoms with van der Waals surface area (Å²) < 4.78 is 5.14. The van der Waals surface area contributed by atoms with E-state index in [1.165, 1.54) is 11.1 Å². The van der Waals surface area contributed by atoms with Crippen molar-refractivity contribution in [2.75, 3.05) is 7.11 Å². The molecule has 0 fully saturated rings. The molecule has 1 aromatic carbocycles. The molecule has 0 bridgehead atoms. The van der Waals surface area contributed by atoms with Gasteiger partial charge in [-0.3, -0.25) is 0 Å². The van der Waals surface area contributed by atoms with E-state index in [4.69, 9.17) is 4.74 Å². The Bertz CT molecular complexity index is 289. The maximum absolute atomic E-state index is 5.14. The summed E-state index contributed by atoms with van der Waals surface area (Å²) >= 11 is 0. The molecule has 13 heavy (non-hydrogen) atoms. The van der Waals surface area contributed by atoms with Crippen LogP contribution < -0.4 is 4.74 Å². The maximum Gasteiger partial charge on any atom is 0.119 e. The van der Waals surface area contributed by atoms with Crippen LogP contribution in [0.25, 0.3) is 6.08 Å². The van der Waals surface area contributed by atoms with E-state index >= 15 is 0 Å². The van der Waals surface area contributed by atoms with Gasteiger partial charge in [-0.2, -0.15) is 0 Å². The topological polar surface area (TPSA) is 9.23 Å². The lowest BCUT2D eigenvalue weighted by Gasteiger charge is -2.06. The molecule has 0 aliphatic heterocycles. The van der Waals surface area contributed by atoms with Crippen LogP contribution in [0, 0.1) is 0 Å². The molecule has 1 heteroatoms.